The first-order chi connectivity index (χ1) is 22.0. The van der Waals surface area contributed by atoms with Crippen molar-refractivity contribution in [2.24, 2.45) is 0 Å². The zero-order valence-electron chi connectivity index (χ0n) is 29.5. The zero-order valence-corrected chi connectivity index (χ0v) is 30.3. The summed E-state index contributed by atoms with van der Waals surface area (Å²) in [5, 5.41) is 13.9. The second-order valence-corrected chi connectivity index (χ2v) is 15.4. The summed E-state index contributed by atoms with van der Waals surface area (Å²) in [6.45, 7) is 16.7. The van der Waals surface area contributed by atoms with Crippen LogP contribution in [0.5, 0.6) is 0 Å². The molecule has 9 heteroatoms. The molecule has 0 bridgehead atoms. The van der Waals surface area contributed by atoms with Gasteiger partial charge in [-0.25, -0.2) is 4.79 Å². The standard InChI is InChI=1S/C38H47N3O5S/c1-24-12-18-30-28(22-24)37(5,6)32(39(30)9)20-15-25-13-14-26(34(25)41(11)35(42)44-36(2,3)4)16-21-33-38(7,8)29-23-27(47-46-45-43)17-19-31(29)40(33)10/h12,15-23H,13-14H2,1-11H3. The van der Waals surface area contributed by atoms with Crippen molar-refractivity contribution in [2.75, 3.05) is 26.0 Å². The van der Waals surface area contributed by atoms with Crippen molar-refractivity contribution >= 4 is 35.2 Å². The third-order valence-corrected chi connectivity index (χ3v) is 10.1. The fourth-order valence-electron chi connectivity index (χ4n) is 7.12. The largest absolute Gasteiger partial charge is 0.691 e. The first-order valence-electron chi connectivity index (χ1n) is 16.0. The van der Waals surface area contributed by atoms with Gasteiger partial charge >= 0.3 is 6.09 Å². The fraction of sp³-hybridized carbons (Fsp3) is 0.421. The van der Waals surface area contributed by atoms with Crippen LogP contribution in [0.25, 0.3) is 0 Å². The predicted octanol–water partition coefficient (Wildman–Crippen LogP) is 7.94. The molecule has 2 aromatic carbocycles. The SMILES string of the molecule is Cc1ccc2c(c1)C(C)(C)/C(=C\C=C1/CCC(/C=C/C3=[N+](C)c4ccc(SOO[O-])cc4C3(C)C)=C1N(C)C(=O)OC(C)(C)C)N2C. The minimum Gasteiger partial charge on any atom is -0.691 e. The third kappa shape index (κ3) is 6.59. The van der Waals surface area contributed by atoms with Crippen LogP contribution in [0.4, 0.5) is 16.2 Å². The summed E-state index contributed by atoms with van der Waals surface area (Å²) in [6.07, 6.45) is 9.94. The van der Waals surface area contributed by atoms with Gasteiger partial charge in [0, 0.05) is 53.5 Å². The molecule has 250 valence electrons. The number of hydrogen-bond donors (Lipinski definition) is 0. The van der Waals surface area contributed by atoms with Crippen LogP contribution in [0.2, 0.25) is 0 Å². The molecule has 8 nitrogen and oxygen atoms in total. The zero-order chi connectivity index (χ0) is 34.5. The number of nitrogens with zero attached hydrogens (tertiary/aromatic N) is 3. The van der Waals surface area contributed by atoms with E-state index in [2.05, 4.69) is 110 Å². The topological polar surface area (TPSA) is 77.3 Å². The van der Waals surface area contributed by atoms with Crippen molar-refractivity contribution in [1.29, 1.82) is 0 Å². The first-order valence-corrected chi connectivity index (χ1v) is 16.7. The Morgan fingerprint density at radius 1 is 1.02 bits per heavy atom. The molecule has 0 aromatic heterocycles. The molecule has 0 N–H and O–H groups in total. The van der Waals surface area contributed by atoms with E-state index in [4.69, 9.17) is 4.74 Å². The number of rotatable bonds is 7. The van der Waals surface area contributed by atoms with Crippen LogP contribution >= 0.6 is 12.0 Å². The molecule has 2 aromatic rings. The Bertz CT molecular complexity index is 1760. The summed E-state index contributed by atoms with van der Waals surface area (Å²) in [7, 11) is 5.99. The lowest BCUT2D eigenvalue weighted by Gasteiger charge is -2.27. The van der Waals surface area contributed by atoms with Crippen LogP contribution in [-0.2, 0) is 24.9 Å². The van der Waals surface area contributed by atoms with Crippen molar-refractivity contribution in [3.63, 3.8) is 0 Å². The molecular weight excluding hydrogens is 611 g/mol. The molecule has 1 aliphatic carbocycles. The second kappa shape index (κ2) is 12.8. The molecule has 0 atom stereocenters. The van der Waals surface area contributed by atoms with E-state index in [0.717, 1.165) is 63.6 Å². The molecular formula is C38H47N3O5S. The van der Waals surface area contributed by atoms with Crippen LogP contribution in [0.1, 0.15) is 78.0 Å². The van der Waals surface area contributed by atoms with Gasteiger partial charge in [0.2, 0.25) is 5.69 Å². The number of aryl methyl sites for hydroxylation is 1. The summed E-state index contributed by atoms with van der Waals surface area (Å²) < 4.78 is 12.6. The van der Waals surface area contributed by atoms with E-state index < -0.39 is 5.60 Å². The Kier molecular flexibility index (Phi) is 9.42. The summed E-state index contributed by atoms with van der Waals surface area (Å²) in [5.74, 6) is 0. The lowest BCUT2D eigenvalue weighted by Crippen LogP contribution is -2.34. The molecule has 0 saturated carbocycles. The normalized spacial score (nSPS) is 20.2. The van der Waals surface area contributed by atoms with Crippen molar-refractivity contribution in [1.82, 2.24) is 4.90 Å². The average Bonchev–Trinajstić information content (AvgIpc) is 3.54. The van der Waals surface area contributed by atoms with Gasteiger partial charge < -0.3 is 14.9 Å². The van der Waals surface area contributed by atoms with Gasteiger partial charge in [-0.1, -0.05) is 43.7 Å². The summed E-state index contributed by atoms with van der Waals surface area (Å²) >= 11 is 0.893. The number of fused-ring (bicyclic) bond motifs is 2. The van der Waals surface area contributed by atoms with Gasteiger partial charge in [-0.2, -0.15) is 8.91 Å². The highest BCUT2D eigenvalue weighted by atomic mass is 32.2. The highest BCUT2D eigenvalue weighted by Crippen LogP contribution is 2.48. The van der Waals surface area contributed by atoms with E-state index in [0.29, 0.717) is 0 Å². The van der Waals surface area contributed by atoms with Gasteiger partial charge in [0.15, 0.2) is 5.71 Å². The van der Waals surface area contributed by atoms with E-state index in [9.17, 15) is 10.1 Å². The van der Waals surface area contributed by atoms with Crippen LogP contribution in [0, 0.1) is 6.92 Å². The minimum atomic E-state index is -0.618. The van der Waals surface area contributed by atoms with E-state index in [-0.39, 0.29) is 16.9 Å². The van der Waals surface area contributed by atoms with Crippen LogP contribution in [-0.4, -0.2) is 48.0 Å². The van der Waals surface area contributed by atoms with Gasteiger partial charge in [0.1, 0.15) is 12.6 Å². The number of likely N-dealkylation sites (N-methyl/N-ethyl adjacent to an activating group) is 2. The maximum Gasteiger partial charge on any atom is 0.414 e. The smallest absolute Gasteiger partial charge is 0.414 e. The molecule has 1 amide bonds. The van der Waals surface area contributed by atoms with E-state index >= 15 is 0 Å². The van der Waals surface area contributed by atoms with E-state index in [1.165, 1.54) is 22.5 Å². The summed E-state index contributed by atoms with van der Waals surface area (Å²) in [6, 6.07) is 12.6. The Hall–Kier alpha value is -3.63. The van der Waals surface area contributed by atoms with Gasteiger partial charge in [0.25, 0.3) is 0 Å². The molecule has 3 aliphatic rings. The fourth-order valence-corrected chi connectivity index (χ4v) is 7.51. The van der Waals surface area contributed by atoms with Crippen molar-refractivity contribution in [2.45, 2.75) is 89.6 Å². The molecule has 0 saturated heterocycles. The van der Waals surface area contributed by atoms with Gasteiger partial charge in [-0.3, -0.25) is 9.94 Å². The van der Waals surface area contributed by atoms with E-state index in [1.54, 1.807) is 11.9 Å². The van der Waals surface area contributed by atoms with Gasteiger partial charge in [0.05, 0.1) is 23.2 Å². The van der Waals surface area contributed by atoms with Crippen molar-refractivity contribution in [3.05, 3.63) is 99.9 Å². The lowest BCUT2D eigenvalue weighted by molar-refractivity contribution is -0.777. The first kappa shape index (κ1) is 34.7. The molecule has 5 rings (SSSR count). The van der Waals surface area contributed by atoms with Crippen LogP contribution in [0.3, 0.4) is 0 Å². The molecule has 0 radical (unpaired) electrons. The number of hydrogen-bond acceptors (Lipinski definition) is 7. The number of carbonyl (C=O) groups is 1. The van der Waals surface area contributed by atoms with Crippen molar-refractivity contribution < 1.29 is 28.7 Å². The number of allylic oxidation sites excluding steroid dienone is 7. The van der Waals surface area contributed by atoms with Crippen molar-refractivity contribution in [3.8, 4) is 0 Å². The Morgan fingerprint density at radius 3 is 2.43 bits per heavy atom. The monoisotopic (exact) mass is 657 g/mol. The van der Waals surface area contributed by atoms with Crippen LogP contribution in [0.15, 0.2) is 88.1 Å². The Morgan fingerprint density at radius 2 is 1.74 bits per heavy atom. The highest BCUT2D eigenvalue weighted by Gasteiger charge is 2.43. The van der Waals surface area contributed by atoms with Gasteiger partial charge in [-0.05, 0) is 95.4 Å². The molecule has 0 spiro atoms. The number of carbonyl (C=O) groups excluding carboxylic acids is 1. The number of ether oxygens (including phenoxy) is 1. The number of benzene rings is 2. The highest BCUT2D eigenvalue weighted by molar-refractivity contribution is 7.94. The molecule has 0 fully saturated rings. The molecule has 2 aliphatic heterocycles. The second-order valence-electron chi connectivity index (χ2n) is 14.7. The Labute approximate surface area is 283 Å². The summed E-state index contributed by atoms with van der Waals surface area (Å²) in [4.78, 5) is 18.2. The number of amides is 1. The average molecular weight is 658 g/mol. The Balaban J connectivity index is 1.54. The maximum absolute atomic E-state index is 13.4. The maximum atomic E-state index is 13.4. The summed E-state index contributed by atoms with van der Waals surface area (Å²) in [5.41, 5.74) is 10.3. The molecule has 2 heterocycles. The van der Waals surface area contributed by atoms with E-state index in [1.807, 2.05) is 39.0 Å². The third-order valence-electron chi connectivity index (χ3n) is 9.51. The minimum absolute atomic E-state index is 0.160. The predicted molar refractivity (Wildman–Crippen MR) is 187 cm³/mol. The molecule has 47 heavy (non-hydrogen) atoms. The van der Waals surface area contributed by atoms with Crippen LogP contribution < -0.4 is 10.2 Å². The molecule has 0 unspecified atom stereocenters. The number of anilines is 1. The van der Waals surface area contributed by atoms with Gasteiger partial charge in [-0.15, -0.1) is 0 Å². The lowest BCUT2D eigenvalue weighted by atomic mass is 9.81. The quantitative estimate of drug-likeness (QED) is 0.130.